The van der Waals surface area contributed by atoms with Gasteiger partial charge >= 0.3 is 0 Å². The SMILES string of the molecule is FC(F)COCCNCC1CCOCC1. The molecule has 0 atom stereocenters. The number of rotatable bonds is 7. The number of alkyl halides is 2. The average Bonchev–Trinajstić information content (AvgIpc) is 2.24. The predicted octanol–water partition coefficient (Wildman–Crippen LogP) is 1.28. The molecule has 1 aliphatic rings. The van der Waals surface area contributed by atoms with Crippen LogP contribution in [-0.2, 0) is 9.47 Å². The third kappa shape index (κ3) is 6.76. The molecule has 0 radical (unpaired) electrons. The normalized spacial score (nSPS) is 18.6. The monoisotopic (exact) mass is 223 g/mol. The summed E-state index contributed by atoms with van der Waals surface area (Å²) in [7, 11) is 0. The van der Waals surface area contributed by atoms with E-state index in [9.17, 15) is 8.78 Å². The van der Waals surface area contributed by atoms with Gasteiger partial charge in [-0.2, -0.15) is 0 Å². The summed E-state index contributed by atoms with van der Waals surface area (Å²) in [5.41, 5.74) is 0. The summed E-state index contributed by atoms with van der Waals surface area (Å²) < 4.78 is 33.3. The van der Waals surface area contributed by atoms with Gasteiger partial charge in [-0.05, 0) is 25.3 Å². The van der Waals surface area contributed by atoms with Gasteiger partial charge in [0, 0.05) is 19.8 Å². The quantitative estimate of drug-likeness (QED) is 0.660. The zero-order valence-electron chi connectivity index (χ0n) is 8.88. The van der Waals surface area contributed by atoms with E-state index in [1.54, 1.807) is 0 Å². The highest BCUT2D eigenvalue weighted by atomic mass is 19.3. The van der Waals surface area contributed by atoms with Gasteiger partial charge in [-0.1, -0.05) is 0 Å². The molecule has 0 unspecified atom stereocenters. The predicted molar refractivity (Wildman–Crippen MR) is 53.2 cm³/mol. The molecule has 1 fully saturated rings. The van der Waals surface area contributed by atoms with Crippen molar-refractivity contribution >= 4 is 0 Å². The second-order valence-corrected chi connectivity index (χ2v) is 3.73. The number of hydrogen-bond donors (Lipinski definition) is 1. The van der Waals surface area contributed by atoms with Gasteiger partial charge in [-0.25, -0.2) is 8.78 Å². The summed E-state index contributed by atoms with van der Waals surface area (Å²) >= 11 is 0. The van der Waals surface area contributed by atoms with Crippen molar-refractivity contribution in [3.8, 4) is 0 Å². The Hall–Kier alpha value is -0.260. The lowest BCUT2D eigenvalue weighted by Gasteiger charge is -2.22. The van der Waals surface area contributed by atoms with Crippen molar-refractivity contribution in [2.75, 3.05) is 39.5 Å². The van der Waals surface area contributed by atoms with Crippen LogP contribution in [0.2, 0.25) is 0 Å². The first-order valence-corrected chi connectivity index (χ1v) is 5.43. The molecule has 1 rings (SSSR count). The van der Waals surface area contributed by atoms with Gasteiger partial charge in [-0.15, -0.1) is 0 Å². The second-order valence-electron chi connectivity index (χ2n) is 3.73. The molecule has 1 N–H and O–H groups in total. The van der Waals surface area contributed by atoms with Crippen molar-refractivity contribution in [3.05, 3.63) is 0 Å². The van der Waals surface area contributed by atoms with Crippen LogP contribution in [0.4, 0.5) is 8.78 Å². The number of ether oxygens (including phenoxy) is 2. The summed E-state index contributed by atoms with van der Waals surface area (Å²) in [5, 5.41) is 3.20. The van der Waals surface area contributed by atoms with E-state index in [-0.39, 0.29) is 0 Å². The minimum absolute atomic E-state index is 0.355. The molecule has 90 valence electrons. The molecule has 0 saturated carbocycles. The molecule has 0 aromatic carbocycles. The highest BCUT2D eigenvalue weighted by Gasteiger charge is 2.12. The van der Waals surface area contributed by atoms with Gasteiger partial charge in [0.1, 0.15) is 6.61 Å². The highest BCUT2D eigenvalue weighted by Crippen LogP contribution is 2.12. The van der Waals surface area contributed by atoms with E-state index in [2.05, 4.69) is 5.32 Å². The Morgan fingerprint density at radius 3 is 2.73 bits per heavy atom. The van der Waals surface area contributed by atoms with Gasteiger partial charge < -0.3 is 14.8 Å². The molecule has 5 heteroatoms. The average molecular weight is 223 g/mol. The Morgan fingerprint density at radius 2 is 2.07 bits per heavy atom. The standard InChI is InChI=1S/C10H19F2NO2/c11-10(12)8-15-6-3-13-7-9-1-4-14-5-2-9/h9-10,13H,1-8H2. The van der Waals surface area contributed by atoms with Crippen molar-refractivity contribution in [2.24, 2.45) is 5.92 Å². The first-order valence-electron chi connectivity index (χ1n) is 5.43. The van der Waals surface area contributed by atoms with Gasteiger partial charge in [0.25, 0.3) is 6.43 Å². The van der Waals surface area contributed by atoms with Crippen molar-refractivity contribution in [1.82, 2.24) is 5.32 Å². The molecule has 15 heavy (non-hydrogen) atoms. The molecule has 0 spiro atoms. The molecule has 0 aromatic heterocycles. The minimum Gasteiger partial charge on any atom is -0.381 e. The molecule has 0 aromatic rings. The van der Waals surface area contributed by atoms with Gasteiger partial charge in [0.05, 0.1) is 6.61 Å². The highest BCUT2D eigenvalue weighted by molar-refractivity contribution is 4.65. The van der Waals surface area contributed by atoms with Crippen LogP contribution in [0, 0.1) is 5.92 Å². The van der Waals surface area contributed by atoms with Crippen LogP contribution in [-0.4, -0.2) is 45.9 Å². The molecular weight excluding hydrogens is 204 g/mol. The Labute approximate surface area is 89.1 Å². The van der Waals surface area contributed by atoms with E-state index in [0.29, 0.717) is 19.1 Å². The van der Waals surface area contributed by atoms with Crippen LogP contribution in [0.25, 0.3) is 0 Å². The maximum absolute atomic E-state index is 11.7. The fraction of sp³-hybridized carbons (Fsp3) is 1.00. The molecule has 0 aliphatic carbocycles. The van der Waals surface area contributed by atoms with E-state index in [1.165, 1.54) is 0 Å². The van der Waals surface area contributed by atoms with Crippen molar-refractivity contribution in [3.63, 3.8) is 0 Å². The van der Waals surface area contributed by atoms with Crippen molar-refractivity contribution in [2.45, 2.75) is 19.3 Å². The van der Waals surface area contributed by atoms with Crippen LogP contribution in [0.3, 0.4) is 0 Å². The summed E-state index contributed by atoms with van der Waals surface area (Å²) in [6.45, 7) is 3.15. The lowest BCUT2D eigenvalue weighted by Crippen LogP contribution is -2.30. The van der Waals surface area contributed by atoms with Crippen LogP contribution < -0.4 is 5.32 Å². The van der Waals surface area contributed by atoms with Crippen molar-refractivity contribution in [1.29, 1.82) is 0 Å². The number of halogens is 2. The first-order chi connectivity index (χ1) is 7.29. The molecule has 0 bridgehead atoms. The maximum atomic E-state index is 11.7. The van der Waals surface area contributed by atoms with Crippen molar-refractivity contribution < 1.29 is 18.3 Å². The molecular formula is C10H19F2NO2. The summed E-state index contributed by atoms with van der Waals surface area (Å²) in [5.74, 6) is 0.661. The smallest absolute Gasteiger partial charge is 0.261 e. The number of nitrogens with one attached hydrogen (secondary N) is 1. The van der Waals surface area contributed by atoms with Crippen LogP contribution >= 0.6 is 0 Å². The first kappa shape index (κ1) is 12.8. The fourth-order valence-corrected chi connectivity index (χ4v) is 1.57. The van der Waals surface area contributed by atoms with Gasteiger partial charge in [-0.3, -0.25) is 0 Å². The Bertz CT molecular complexity index is 152. The number of hydrogen-bond acceptors (Lipinski definition) is 3. The largest absolute Gasteiger partial charge is 0.381 e. The van der Waals surface area contributed by atoms with Crippen LogP contribution in [0.15, 0.2) is 0 Å². The van der Waals surface area contributed by atoms with E-state index in [0.717, 1.165) is 32.6 Å². The summed E-state index contributed by atoms with van der Waals surface area (Å²) in [4.78, 5) is 0. The second kappa shape index (κ2) is 7.96. The summed E-state index contributed by atoms with van der Waals surface area (Å²) in [6, 6.07) is 0. The maximum Gasteiger partial charge on any atom is 0.261 e. The molecule has 3 nitrogen and oxygen atoms in total. The molecule has 1 aliphatic heterocycles. The summed E-state index contributed by atoms with van der Waals surface area (Å²) in [6.07, 6.45) is -0.184. The Morgan fingerprint density at radius 1 is 1.33 bits per heavy atom. The lowest BCUT2D eigenvalue weighted by molar-refractivity contribution is 0.0179. The zero-order chi connectivity index (χ0) is 10.9. The fourth-order valence-electron chi connectivity index (χ4n) is 1.57. The minimum atomic E-state index is -2.36. The molecule has 1 saturated heterocycles. The van der Waals surface area contributed by atoms with E-state index in [4.69, 9.17) is 9.47 Å². The van der Waals surface area contributed by atoms with Gasteiger partial charge in [0.15, 0.2) is 0 Å². The van der Waals surface area contributed by atoms with E-state index < -0.39 is 13.0 Å². The zero-order valence-corrected chi connectivity index (χ0v) is 8.88. The third-order valence-electron chi connectivity index (χ3n) is 2.44. The van der Waals surface area contributed by atoms with E-state index in [1.807, 2.05) is 0 Å². The topological polar surface area (TPSA) is 30.5 Å². The lowest BCUT2D eigenvalue weighted by atomic mass is 10.0. The van der Waals surface area contributed by atoms with Crippen LogP contribution in [0.5, 0.6) is 0 Å². The molecule has 1 heterocycles. The molecule has 0 amide bonds. The Balaban J connectivity index is 1.83. The van der Waals surface area contributed by atoms with Crippen LogP contribution in [0.1, 0.15) is 12.8 Å². The van der Waals surface area contributed by atoms with E-state index >= 15 is 0 Å². The van der Waals surface area contributed by atoms with Gasteiger partial charge in [0.2, 0.25) is 0 Å². The Kier molecular flexibility index (Phi) is 6.80. The third-order valence-corrected chi connectivity index (χ3v) is 2.44.